The molecule has 39 heavy (non-hydrogen) atoms. The van der Waals surface area contributed by atoms with E-state index in [1.165, 1.54) is 51.4 Å². The zero-order valence-corrected chi connectivity index (χ0v) is 24.6. The van der Waals surface area contributed by atoms with E-state index in [2.05, 4.69) is 13.8 Å². The second-order valence-electron chi connectivity index (χ2n) is 12.3. The Morgan fingerprint density at radius 2 is 0.923 bits per heavy atom. The van der Waals surface area contributed by atoms with Crippen molar-refractivity contribution in [1.29, 1.82) is 0 Å². The molecular weight excluding hydrogens is 496 g/mol. The number of hydrogen-bond donors (Lipinski definition) is 0. The third kappa shape index (κ3) is 10.6. The first-order valence-corrected chi connectivity index (χ1v) is 16.4. The number of fused-ring (bicyclic) bond motifs is 1. The van der Waals surface area contributed by atoms with Crippen LogP contribution in [-0.4, -0.2) is 61.8 Å². The van der Waals surface area contributed by atoms with E-state index in [0.717, 1.165) is 51.4 Å². The Kier molecular flexibility index (Phi) is 12.9. The molecule has 4 fully saturated rings. The molecule has 3 aliphatic heterocycles. The Labute approximate surface area is 236 Å². The monoisotopic (exact) mass is 550 g/mol. The van der Waals surface area contributed by atoms with Gasteiger partial charge in [0.25, 0.3) is 0 Å². The van der Waals surface area contributed by atoms with Crippen LogP contribution in [0.4, 0.5) is 0 Å². The van der Waals surface area contributed by atoms with Gasteiger partial charge in [0.15, 0.2) is 0 Å². The second-order valence-corrected chi connectivity index (χ2v) is 12.3. The van der Waals surface area contributed by atoms with Gasteiger partial charge in [0.2, 0.25) is 0 Å². The number of unbranched alkanes of at least 4 members (excludes halogenated alkanes) is 8. The van der Waals surface area contributed by atoms with Gasteiger partial charge in [0.1, 0.15) is 0 Å². The molecule has 8 atom stereocenters. The molecule has 3 saturated heterocycles. The van der Waals surface area contributed by atoms with Crippen LogP contribution >= 0.6 is 0 Å². The summed E-state index contributed by atoms with van der Waals surface area (Å²) < 4.78 is 28.4. The molecule has 0 spiro atoms. The average molecular weight is 551 g/mol. The molecule has 0 amide bonds. The maximum Gasteiger partial charge on any atom is 0.309 e. The number of rotatable bonds is 22. The minimum atomic E-state index is -0.437. The Morgan fingerprint density at radius 1 is 0.538 bits per heavy atom. The number of hydrogen-bond acceptors (Lipinski definition) is 7. The molecule has 4 rings (SSSR count). The smallest absolute Gasteiger partial charge is 0.309 e. The number of epoxide rings is 3. The van der Waals surface area contributed by atoms with Crippen LogP contribution in [0.1, 0.15) is 129 Å². The summed E-state index contributed by atoms with van der Waals surface area (Å²) in [4.78, 5) is 25.7. The van der Waals surface area contributed by atoms with E-state index in [0.29, 0.717) is 50.5 Å². The molecule has 0 aromatic carbocycles. The Hall–Kier alpha value is -1.18. The molecule has 0 radical (unpaired) electrons. The fourth-order valence-electron chi connectivity index (χ4n) is 6.29. The lowest BCUT2D eigenvalue weighted by Gasteiger charge is -2.26. The summed E-state index contributed by atoms with van der Waals surface area (Å²) in [6, 6.07) is 0. The van der Waals surface area contributed by atoms with Gasteiger partial charge in [-0.3, -0.25) is 9.59 Å². The second kappa shape index (κ2) is 16.3. The minimum absolute atomic E-state index is 0.106. The van der Waals surface area contributed by atoms with Crippen LogP contribution < -0.4 is 0 Å². The first-order chi connectivity index (χ1) is 19.1. The zero-order valence-electron chi connectivity index (χ0n) is 24.6. The Balaban J connectivity index is 1.01. The van der Waals surface area contributed by atoms with Crippen molar-refractivity contribution in [2.24, 2.45) is 11.8 Å². The van der Waals surface area contributed by atoms with Crippen molar-refractivity contribution >= 4 is 11.9 Å². The van der Waals surface area contributed by atoms with E-state index in [9.17, 15) is 9.59 Å². The van der Waals surface area contributed by atoms with Crippen molar-refractivity contribution in [3.05, 3.63) is 0 Å². The lowest BCUT2D eigenvalue weighted by Crippen LogP contribution is -2.37. The molecule has 8 unspecified atom stereocenters. The summed E-state index contributed by atoms with van der Waals surface area (Å²) >= 11 is 0. The van der Waals surface area contributed by atoms with Gasteiger partial charge in [-0.25, -0.2) is 0 Å². The highest BCUT2D eigenvalue weighted by molar-refractivity contribution is 5.82. The summed E-state index contributed by atoms with van der Waals surface area (Å²) in [5, 5.41) is 0. The van der Waals surface area contributed by atoms with Crippen LogP contribution in [0.25, 0.3) is 0 Å². The van der Waals surface area contributed by atoms with Gasteiger partial charge < -0.3 is 23.7 Å². The van der Waals surface area contributed by atoms with Crippen LogP contribution in [0, 0.1) is 11.8 Å². The standard InChI is InChI=1S/C32H54O7/c1-3-5-15-25-27(37-25)17-11-7-9-13-19-35-31(33)23-21-29-30(39-29)22-24(23)32(34)36-20-14-10-8-12-18-28-26(38-28)16-6-4-2/h23-30H,3-22H2,1-2H3. The van der Waals surface area contributed by atoms with Crippen LogP contribution in [0.3, 0.4) is 0 Å². The van der Waals surface area contributed by atoms with Crippen LogP contribution in [0.2, 0.25) is 0 Å². The molecular formula is C32H54O7. The molecule has 1 saturated carbocycles. The lowest BCUT2D eigenvalue weighted by molar-refractivity contribution is -0.162. The van der Waals surface area contributed by atoms with Crippen LogP contribution in [0.15, 0.2) is 0 Å². The number of ether oxygens (including phenoxy) is 5. The predicted octanol–water partition coefficient (Wildman–Crippen LogP) is 6.68. The third-order valence-electron chi connectivity index (χ3n) is 9.07. The lowest BCUT2D eigenvalue weighted by atomic mass is 9.79. The SMILES string of the molecule is CCCCC1OC1CCCCCCOC(=O)C1CC2OC2CC1C(=O)OCCCCCCC1OC1CCCC. The average Bonchev–Trinajstić information content (AvgIpc) is 3.84. The predicted molar refractivity (Wildman–Crippen MR) is 149 cm³/mol. The maximum atomic E-state index is 12.9. The molecule has 7 heteroatoms. The molecule has 7 nitrogen and oxygen atoms in total. The molecule has 0 bridgehead atoms. The molecule has 224 valence electrons. The largest absolute Gasteiger partial charge is 0.465 e. The van der Waals surface area contributed by atoms with Crippen LogP contribution in [0.5, 0.6) is 0 Å². The topological polar surface area (TPSA) is 90.2 Å². The van der Waals surface area contributed by atoms with Crippen molar-refractivity contribution < 1.29 is 33.3 Å². The van der Waals surface area contributed by atoms with Crippen molar-refractivity contribution in [1.82, 2.24) is 0 Å². The van der Waals surface area contributed by atoms with E-state index in [1.807, 2.05) is 0 Å². The number of esters is 2. The zero-order chi connectivity index (χ0) is 27.5. The molecule has 4 aliphatic rings. The number of carbonyl (C=O) groups is 2. The summed E-state index contributed by atoms with van der Waals surface area (Å²) in [5.41, 5.74) is 0. The number of carbonyl (C=O) groups excluding carboxylic acids is 2. The van der Waals surface area contributed by atoms with E-state index in [1.54, 1.807) is 0 Å². The highest BCUT2D eigenvalue weighted by Gasteiger charge is 2.53. The summed E-state index contributed by atoms with van der Waals surface area (Å²) in [6.45, 7) is 5.30. The summed E-state index contributed by atoms with van der Waals surface area (Å²) in [6.07, 6.45) is 21.5. The van der Waals surface area contributed by atoms with Crippen LogP contribution in [-0.2, 0) is 33.3 Å². The first kappa shape index (κ1) is 30.8. The van der Waals surface area contributed by atoms with E-state index in [4.69, 9.17) is 23.7 Å². The first-order valence-electron chi connectivity index (χ1n) is 16.4. The van der Waals surface area contributed by atoms with Crippen molar-refractivity contribution in [2.75, 3.05) is 13.2 Å². The highest BCUT2D eigenvalue weighted by Crippen LogP contribution is 2.44. The van der Waals surface area contributed by atoms with Gasteiger partial charge in [-0.2, -0.15) is 0 Å². The quantitative estimate of drug-likeness (QED) is 0.0843. The van der Waals surface area contributed by atoms with E-state index >= 15 is 0 Å². The molecule has 0 N–H and O–H groups in total. The fraction of sp³-hybridized carbons (Fsp3) is 0.938. The van der Waals surface area contributed by atoms with E-state index < -0.39 is 11.8 Å². The molecule has 3 heterocycles. The highest BCUT2D eigenvalue weighted by atomic mass is 16.6. The minimum Gasteiger partial charge on any atom is -0.465 e. The Morgan fingerprint density at radius 3 is 1.33 bits per heavy atom. The summed E-state index contributed by atoms with van der Waals surface area (Å²) in [7, 11) is 0. The molecule has 1 aliphatic carbocycles. The van der Waals surface area contributed by atoms with Gasteiger partial charge in [0, 0.05) is 0 Å². The molecule has 0 aromatic heterocycles. The van der Waals surface area contributed by atoms with E-state index in [-0.39, 0.29) is 24.1 Å². The third-order valence-corrected chi connectivity index (χ3v) is 9.07. The van der Waals surface area contributed by atoms with Gasteiger partial charge in [-0.05, 0) is 51.4 Å². The normalized spacial score (nSPS) is 32.4. The molecule has 0 aromatic rings. The summed E-state index contributed by atoms with van der Waals surface area (Å²) in [5.74, 6) is -1.38. The van der Waals surface area contributed by atoms with Gasteiger partial charge in [-0.1, -0.05) is 78.1 Å². The van der Waals surface area contributed by atoms with Crippen molar-refractivity contribution in [3.8, 4) is 0 Å². The van der Waals surface area contributed by atoms with Gasteiger partial charge in [0.05, 0.1) is 61.7 Å². The van der Waals surface area contributed by atoms with Gasteiger partial charge >= 0.3 is 11.9 Å². The Bertz CT molecular complexity index is 682. The van der Waals surface area contributed by atoms with Gasteiger partial charge in [-0.15, -0.1) is 0 Å². The fourth-order valence-corrected chi connectivity index (χ4v) is 6.29. The van der Waals surface area contributed by atoms with Crippen molar-refractivity contribution in [3.63, 3.8) is 0 Å². The maximum absolute atomic E-state index is 12.9. The van der Waals surface area contributed by atoms with Crippen molar-refractivity contribution in [2.45, 2.75) is 166 Å².